The molecule has 0 aromatic carbocycles. The summed E-state index contributed by atoms with van der Waals surface area (Å²) in [6.07, 6.45) is 6.77. The molecule has 0 bridgehead atoms. The molecule has 13 heavy (non-hydrogen) atoms. The van der Waals surface area contributed by atoms with Crippen LogP contribution in [0.15, 0.2) is 0 Å². The summed E-state index contributed by atoms with van der Waals surface area (Å²) in [5, 5.41) is 0. The van der Waals surface area contributed by atoms with E-state index in [4.69, 9.17) is 0 Å². The van der Waals surface area contributed by atoms with Gasteiger partial charge in [-0.15, -0.1) is 0 Å². The fraction of sp³-hybridized carbons (Fsp3) is 1.00. The lowest BCUT2D eigenvalue weighted by atomic mass is 10.1. The van der Waals surface area contributed by atoms with Gasteiger partial charge in [-0.25, -0.2) is 8.42 Å². The second kappa shape index (κ2) is 4.99. The molecule has 1 aliphatic rings. The SMILES string of the molecule is CCCS(=O)(=O)CCC1CCCC1. The normalized spacial score (nSPS) is 19.5. The monoisotopic (exact) mass is 204 g/mol. The van der Waals surface area contributed by atoms with Crippen LogP contribution in [-0.4, -0.2) is 19.9 Å². The van der Waals surface area contributed by atoms with E-state index in [1.54, 1.807) is 0 Å². The standard InChI is InChI=1S/C10H20O2S/c1-2-8-13(11,12)9-7-10-5-3-4-6-10/h10H,2-9H2,1H3. The summed E-state index contributed by atoms with van der Waals surface area (Å²) in [5.74, 6) is 1.50. The number of hydrogen-bond acceptors (Lipinski definition) is 2. The van der Waals surface area contributed by atoms with E-state index < -0.39 is 9.84 Å². The molecule has 0 aliphatic heterocycles. The van der Waals surface area contributed by atoms with Gasteiger partial charge in [-0.1, -0.05) is 32.6 Å². The third-order valence-electron chi connectivity index (χ3n) is 2.83. The summed E-state index contributed by atoms with van der Waals surface area (Å²) in [7, 11) is -2.72. The summed E-state index contributed by atoms with van der Waals surface area (Å²) in [6, 6.07) is 0. The summed E-state index contributed by atoms with van der Waals surface area (Å²) in [4.78, 5) is 0. The van der Waals surface area contributed by atoms with Crippen molar-refractivity contribution < 1.29 is 8.42 Å². The first-order chi connectivity index (χ1) is 6.14. The van der Waals surface area contributed by atoms with Crippen molar-refractivity contribution in [1.82, 2.24) is 0 Å². The molecule has 0 N–H and O–H groups in total. The van der Waals surface area contributed by atoms with E-state index in [2.05, 4.69) is 0 Å². The predicted octanol–water partition coefficient (Wildman–Crippen LogP) is 2.39. The summed E-state index contributed by atoms with van der Waals surface area (Å²) in [5.41, 5.74) is 0. The van der Waals surface area contributed by atoms with Crippen LogP contribution in [0.5, 0.6) is 0 Å². The summed E-state index contributed by atoms with van der Waals surface area (Å²) < 4.78 is 22.8. The van der Waals surface area contributed by atoms with Crippen LogP contribution in [0.3, 0.4) is 0 Å². The van der Waals surface area contributed by atoms with Crippen molar-refractivity contribution in [3.05, 3.63) is 0 Å². The van der Waals surface area contributed by atoms with Crippen molar-refractivity contribution >= 4 is 9.84 Å². The molecule has 0 aromatic rings. The zero-order chi connectivity index (χ0) is 9.73. The lowest BCUT2D eigenvalue weighted by Crippen LogP contribution is -2.12. The lowest BCUT2D eigenvalue weighted by molar-refractivity contribution is 0.521. The van der Waals surface area contributed by atoms with E-state index >= 15 is 0 Å². The Balaban J connectivity index is 2.24. The Bertz CT molecular complexity index is 225. The fourth-order valence-corrected chi connectivity index (χ4v) is 3.58. The van der Waals surface area contributed by atoms with Crippen LogP contribution >= 0.6 is 0 Å². The van der Waals surface area contributed by atoms with Crippen LogP contribution in [0.1, 0.15) is 45.4 Å². The highest BCUT2D eigenvalue weighted by Gasteiger charge is 2.18. The number of hydrogen-bond donors (Lipinski definition) is 0. The number of rotatable bonds is 5. The van der Waals surface area contributed by atoms with Crippen LogP contribution < -0.4 is 0 Å². The van der Waals surface area contributed by atoms with Gasteiger partial charge in [-0.05, 0) is 18.8 Å². The van der Waals surface area contributed by atoms with Crippen LogP contribution in [0.25, 0.3) is 0 Å². The smallest absolute Gasteiger partial charge is 0.150 e. The van der Waals surface area contributed by atoms with E-state index in [1.165, 1.54) is 25.7 Å². The quantitative estimate of drug-likeness (QED) is 0.689. The van der Waals surface area contributed by atoms with E-state index in [0.29, 0.717) is 17.4 Å². The van der Waals surface area contributed by atoms with Crippen LogP contribution in [0.2, 0.25) is 0 Å². The molecule has 0 saturated heterocycles. The average molecular weight is 204 g/mol. The van der Waals surface area contributed by atoms with E-state index in [0.717, 1.165) is 12.8 Å². The minimum Gasteiger partial charge on any atom is -0.229 e. The molecule has 0 unspecified atom stereocenters. The molecule has 0 radical (unpaired) electrons. The maximum absolute atomic E-state index is 11.4. The molecule has 1 fully saturated rings. The van der Waals surface area contributed by atoms with E-state index in [9.17, 15) is 8.42 Å². The lowest BCUT2D eigenvalue weighted by Gasteiger charge is -2.08. The maximum Gasteiger partial charge on any atom is 0.150 e. The van der Waals surface area contributed by atoms with Gasteiger partial charge in [-0.3, -0.25) is 0 Å². The van der Waals surface area contributed by atoms with Gasteiger partial charge in [-0.2, -0.15) is 0 Å². The molecule has 0 heterocycles. The molecule has 1 rings (SSSR count). The first-order valence-electron chi connectivity index (χ1n) is 5.34. The molecular formula is C10H20O2S. The average Bonchev–Trinajstić information content (AvgIpc) is 2.52. The molecule has 0 amide bonds. The zero-order valence-electron chi connectivity index (χ0n) is 8.46. The second-order valence-corrected chi connectivity index (χ2v) is 6.39. The molecule has 3 heteroatoms. The van der Waals surface area contributed by atoms with Crippen molar-refractivity contribution in [1.29, 1.82) is 0 Å². The Morgan fingerprint density at radius 3 is 2.31 bits per heavy atom. The van der Waals surface area contributed by atoms with Crippen LogP contribution in [0.4, 0.5) is 0 Å². The minimum atomic E-state index is -2.72. The molecule has 1 aliphatic carbocycles. The van der Waals surface area contributed by atoms with Crippen molar-refractivity contribution in [3.8, 4) is 0 Å². The Kier molecular flexibility index (Phi) is 4.23. The van der Waals surface area contributed by atoms with Gasteiger partial charge in [0.15, 0.2) is 0 Å². The van der Waals surface area contributed by atoms with Crippen LogP contribution in [0, 0.1) is 5.92 Å². The van der Waals surface area contributed by atoms with Gasteiger partial charge >= 0.3 is 0 Å². The minimum absolute atomic E-state index is 0.375. The Labute approximate surface area is 81.6 Å². The topological polar surface area (TPSA) is 34.1 Å². The van der Waals surface area contributed by atoms with Gasteiger partial charge in [0.1, 0.15) is 9.84 Å². The third-order valence-corrected chi connectivity index (χ3v) is 4.71. The Hall–Kier alpha value is -0.0500. The molecule has 2 nitrogen and oxygen atoms in total. The van der Waals surface area contributed by atoms with Crippen molar-refractivity contribution in [2.75, 3.05) is 11.5 Å². The second-order valence-electron chi connectivity index (χ2n) is 4.09. The molecule has 1 saturated carbocycles. The van der Waals surface area contributed by atoms with Crippen molar-refractivity contribution in [2.24, 2.45) is 5.92 Å². The Morgan fingerprint density at radius 1 is 1.15 bits per heavy atom. The van der Waals surface area contributed by atoms with Crippen molar-refractivity contribution in [2.45, 2.75) is 45.4 Å². The maximum atomic E-state index is 11.4. The molecule has 0 spiro atoms. The predicted molar refractivity (Wildman–Crippen MR) is 55.5 cm³/mol. The molecule has 0 atom stereocenters. The van der Waals surface area contributed by atoms with Gasteiger partial charge < -0.3 is 0 Å². The largest absolute Gasteiger partial charge is 0.229 e. The zero-order valence-corrected chi connectivity index (χ0v) is 9.28. The molecular weight excluding hydrogens is 184 g/mol. The first-order valence-corrected chi connectivity index (χ1v) is 7.16. The third kappa shape index (κ3) is 4.12. The van der Waals surface area contributed by atoms with Crippen LogP contribution in [-0.2, 0) is 9.84 Å². The summed E-state index contributed by atoms with van der Waals surface area (Å²) >= 11 is 0. The molecule has 78 valence electrons. The highest BCUT2D eigenvalue weighted by Crippen LogP contribution is 2.27. The van der Waals surface area contributed by atoms with Gasteiger partial charge in [0.2, 0.25) is 0 Å². The van der Waals surface area contributed by atoms with E-state index in [1.807, 2.05) is 6.92 Å². The Morgan fingerprint density at radius 2 is 1.77 bits per heavy atom. The fourth-order valence-electron chi connectivity index (χ4n) is 2.06. The number of sulfone groups is 1. The summed E-state index contributed by atoms with van der Waals surface area (Å²) in [6.45, 7) is 1.92. The van der Waals surface area contributed by atoms with E-state index in [-0.39, 0.29) is 0 Å². The highest BCUT2D eigenvalue weighted by atomic mass is 32.2. The van der Waals surface area contributed by atoms with Gasteiger partial charge in [0.05, 0.1) is 5.75 Å². The molecule has 0 aromatic heterocycles. The van der Waals surface area contributed by atoms with Crippen molar-refractivity contribution in [3.63, 3.8) is 0 Å². The highest BCUT2D eigenvalue weighted by molar-refractivity contribution is 7.91. The van der Waals surface area contributed by atoms with Gasteiger partial charge in [0.25, 0.3) is 0 Å². The first kappa shape index (κ1) is 11.0. The van der Waals surface area contributed by atoms with Gasteiger partial charge in [0, 0.05) is 5.75 Å².